The summed E-state index contributed by atoms with van der Waals surface area (Å²) >= 11 is 0. The Morgan fingerprint density at radius 1 is 1.38 bits per heavy atom. The third-order valence-electron chi connectivity index (χ3n) is 2.69. The van der Waals surface area contributed by atoms with Gasteiger partial charge in [-0.1, -0.05) is 13.5 Å². The normalized spacial score (nSPS) is 47.4. The largest absolute Gasteiger partial charge is 0.384 e. The number of fused-ring (bicyclic) bond motifs is 2. The van der Waals surface area contributed by atoms with Crippen LogP contribution in [0.5, 0.6) is 0 Å². The fourth-order valence-corrected chi connectivity index (χ4v) is 3.86. The minimum Gasteiger partial charge on any atom is -0.384 e. The summed E-state index contributed by atoms with van der Waals surface area (Å²) in [5, 5.41) is -0.539. The lowest BCUT2D eigenvalue weighted by Crippen LogP contribution is -2.39. The van der Waals surface area contributed by atoms with Crippen molar-refractivity contribution in [2.75, 3.05) is 0 Å². The third-order valence-corrected chi connectivity index (χ3v) is 4.62. The Morgan fingerprint density at radius 3 is 2.62 bits per heavy atom. The van der Waals surface area contributed by atoms with E-state index in [0.29, 0.717) is 0 Å². The van der Waals surface area contributed by atoms with Crippen molar-refractivity contribution in [3.05, 3.63) is 12.3 Å². The van der Waals surface area contributed by atoms with Crippen LogP contribution >= 0.6 is 0 Å². The molecule has 2 aliphatic heterocycles. The number of hydrogen-bond acceptors (Lipinski definition) is 4. The van der Waals surface area contributed by atoms with Crippen LogP contribution < -0.4 is 0 Å². The van der Waals surface area contributed by atoms with E-state index in [9.17, 15) is 8.42 Å². The molecule has 0 saturated carbocycles. The quantitative estimate of drug-likeness (QED) is 0.544. The molecule has 4 unspecified atom stereocenters. The second-order valence-electron chi connectivity index (χ2n) is 3.63. The maximum absolute atomic E-state index is 11.5. The lowest BCUT2D eigenvalue weighted by atomic mass is 10.0. The molecular formula is C8H12O4S. The topological polar surface area (TPSA) is 52.6 Å². The number of ether oxygens (including phenoxy) is 1. The van der Waals surface area contributed by atoms with E-state index >= 15 is 0 Å². The zero-order valence-electron chi connectivity index (χ0n) is 7.56. The highest BCUT2D eigenvalue weighted by atomic mass is 32.2. The van der Waals surface area contributed by atoms with Crippen LogP contribution in [0.25, 0.3) is 0 Å². The first kappa shape index (κ1) is 9.02. The highest BCUT2D eigenvalue weighted by Gasteiger charge is 2.54. The van der Waals surface area contributed by atoms with E-state index in [0.717, 1.165) is 0 Å². The lowest BCUT2D eigenvalue weighted by molar-refractivity contribution is 0.0534. The molecule has 0 aromatic rings. The average molecular weight is 204 g/mol. The van der Waals surface area contributed by atoms with Crippen LogP contribution in [-0.4, -0.2) is 25.9 Å². The predicted molar refractivity (Wildman–Crippen MR) is 46.4 cm³/mol. The monoisotopic (exact) mass is 204 g/mol. The minimum atomic E-state index is -3.50. The summed E-state index contributed by atoms with van der Waals surface area (Å²) < 4.78 is 33.2. The van der Waals surface area contributed by atoms with Crippen molar-refractivity contribution in [1.29, 1.82) is 0 Å². The van der Waals surface area contributed by atoms with E-state index in [-0.39, 0.29) is 23.9 Å². The number of hydrogen-bond donors (Lipinski definition) is 0. The Labute approximate surface area is 77.7 Å². The molecule has 4 nitrogen and oxygen atoms in total. The van der Waals surface area contributed by atoms with Crippen LogP contribution in [0.4, 0.5) is 0 Å². The van der Waals surface area contributed by atoms with Gasteiger partial charge < -0.3 is 8.92 Å². The maximum atomic E-state index is 11.5. The summed E-state index contributed by atoms with van der Waals surface area (Å²) in [6.45, 7) is 7.15. The molecule has 0 aromatic carbocycles. The molecule has 0 N–H and O–H groups in total. The van der Waals surface area contributed by atoms with E-state index < -0.39 is 15.4 Å². The smallest absolute Gasteiger partial charge is 0.314 e. The third kappa shape index (κ3) is 1.10. The van der Waals surface area contributed by atoms with Crippen LogP contribution in [0.2, 0.25) is 0 Å². The first-order valence-electron chi connectivity index (χ1n) is 4.21. The first-order valence-corrected chi connectivity index (χ1v) is 5.68. The summed E-state index contributed by atoms with van der Waals surface area (Å²) in [6.07, 6.45) is -0.562. The van der Waals surface area contributed by atoms with E-state index in [1.807, 2.05) is 6.92 Å². The molecule has 0 aliphatic carbocycles. The molecule has 2 aliphatic rings. The average Bonchev–Trinajstić information content (AvgIpc) is 2.19. The molecule has 13 heavy (non-hydrogen) atoms. The van der Waals surface area contributed by atoms with Crippen molar-refractivity contribution in [2.45, 2.75) is 31.3 Å². The molecule has 4 atom stereocenters. The van der Waals surface area contributed by atoms with Crippen molar-refractivity contribution >= 4 is 10.1 Å². The Kier molecular flexibility index (Phi) is 1.72. The standard InChI is InChI=1S/C8H12O4S/c1-4-7-5(2)12-13(9,10)8(4)6(3)11-7/h4,6-8H,2H2,1,3H3. The summed E-state index contributed by atoms with van der Waals surface area (Å²) in [6, 6.07) is 0. The Hall–Kier alpha value is -0.550. The van der Waals surface area contributed by atoms with Gasteiger partial charge in [0.1, 0.15) is 17.1 Å². The summed E-state index contributed by atoms with van der Waals surface area (Å²) in [4.78, 5) is 0. The van der Waals surface area contributed by atoms with E-state index in [1.54, 1.807) is 6.92 Å². The molecule has 0 spiro atoms. The SMILES string of the molecule is C=C1OS(=O)(=O)C2C(C)OC1C2C. The van der Waals surface area contributed by atoms with E-state index in [4.69, 9.17) is 8.92 Å². The summed E-state index contributed by atoms with van der Waals surface area (Å²) in [5.41, 5.74) is 0. The van der Waals surface area contributed by atoms with Gasteiger partial charge in [-0.25, -0.2) is 0 Å². The second-order valence-corrected chi connectivity index (χ2v) is 5.32. The molecule has 0 radical (unpaired) electrons. The highest BCUT2D eigenvalue weighted by molar-refractivity contribution is 7.87. The fraction of sp³-hybridized carbons (Fsp3) is 0.750. The first-order chi connectivity index (χ1) is 5.93. The van der Waals surface area contributed by atoms with Gasteiger partial charge in [-0.05, 0) is 6.92 Å². The second kappa shape index (κ2) is 2.48. The van der Waals surface area contributed by atoms with Crippen molar-refractivity contribution in [1.82, 2.24) is 0 Å². The van der Waals surface area contributed by atoms with Gasteiger partial charge >= 0.3 is 10.1 Å². The van der Waals surface area contributed by atoms with Gasteiger partial charge in [0.2, 0.25) is 0 Å². The molecule has 2 saturated heterocycles. The van der Waals surface area contributed by atoms with Crippen LogP contribution in [0.15, 0.2) is 12.3 Å². The lowest BCUT2D eigenvalue weighted by Gasteiger charge is -2.26. The van der Waals surface area contributed by atoms with Crippen LogP contribution in [-0.2, 0) is 19.0 Å². The number of rotatable bonds is 0. The Morgan fingerprint density at radius 2 is 2.00 bits per heavy atom. The van der Waals surface area contributed by atoms with Gasteiger partial charge in [0.05, 0.1) is 6.10 Å². The van der Waals surface area contributed by atoms with E-state index in [1.165, 1.54) is 0 Å². The highest BCUT2D eigenvalue weighted by Crippen LogP contribution is 2.41. The Bertz CT molecular complexity index is 345. The van der Waals surface area contributed by atoms with Crippen LogP contribution in [0.1, 0.15) is 13.8 Å². The van der Waals surface area contributed by atoms with Gasteiger partial charge in [0.15, 0.2) is 0 Å². The molecule has 5 heteroatoms. The molecule has 74 valence electrons. The van der Waals surface area contributed by atoms with Gasteiger partial charge in [0.25, 0.3) is 0 Å². The van der Waals surface area contributed by atoms with Gasteiger partial charge in [-0.3, -0.25) is 0 Å². The molecule has 2 rings (SSSR count). The van der Waals surface area contributed by atoms with Crippen molar-refractivity contribution in [3.8, 4) is 0 Å². The van der Waals surface area contributed by atoms with Crippen LogP contribution in [0, 0.1) is 5.92 Å². The van der Waals surface area contributed by atoms with Gasteiger partial charge in [0, 0.05) is 5.92 Å². The van der Waals surface area contributed by atoms with Gasteiger partial charge in [-0.2, -0.15) is 8.42 Å². The molecule has 2 bridgehead atoms. The zero-order chi connectivity index (χ0) is 9.80. The van der Waals surface area contributed by atoms with E-state index in [2.05, 4.69) is 6.58 Å². The van der Waals surface area contributed by atoms with Gasteiger partial charge in [-0.15, -0.1) is 0 Å². The molecular weight excluding hydrogens is 192 g/mol. The van der Waals surface area contributed by atoms with Crippen molar-refractivity contribution < 1.29 is 17.3 Å². The summed E-state index contributed by atoms with van der Waals surface area (Å²) in [7, 11) is -3.50. The molecule has 0 amide bonds. The minimum absolute atomic E-state index is 0.0544. The predicted octanol–water partition coefficient (Wildman–Crippen LogP) is 0.652. The molecule has 2 heterocycles. The maximum Gasteiger partial charge on any atom is 0.314 e. The fourth-order valence-electron chi connectivity index (χ4n) is 2.15. The molecule has 0 aromatic heterocycles. The molecule has 2 fully saturated rings. The Balaban J connectivity index is 2.48. The summed E-state index contributed by atoms with van der Waals surface area (Å²) in [5.74, 6) is 0.161. The van der Waals surface area contributed by atoms with Crippen molar-refractivity contribution in [2.24, 2.45) is 5.92 Å². The zero-order valence-corrected chi connectivity index (χ0v) is 8.37. The van der Waals surface area contributed by atoms with Crippen molar-refractivity contribution in [3.63, 3.8) is 0 Å². The van der Waals surface area contributed by atoms with Crippen LogP contribution in [0.3, 0.4) is 0 Å².